The van der Waals surface area contributed by atoms with Gasteiger partial charge in [0.25, 0.3) is 0 Å². The molecule has 5 N–H and O–H groups in total. The van der Waals surface area contributed by atoms with Crippen LogP contribution in [-0.4, -0.2) is 34.7 Å². The fraction of sp³-hybridized carbons (Fsp3) is 0.385. The van der Waals surface area contributed by atoms with Crippen LogP contribution in [0, 0.1) is 0 Å². The summed E-state index contributed by atoms with van der Waals surface area (Å²) in [5.74, 6) is -1.30. The van der Waals surface area contributed by atoms with Crippen LogP contribution in [0.4, 0.5) is 0 Å². The summed E-state index contributed by atoms with van der Waals surface area (Å²) in [6.07, 6.45) is 0.914. The number of hydrogen-bond acceptors (Lipinski definition) is 4. The van der Waals surface area contributed by atoms with E-state index in [1.165, 1.54) is 12.1 Å². The number of rotatable bonds is 7. The summed E-state index contributed by atoms with van der Waals surface area (Å²) in [4.78, 5) is 22.6. The van der Waals surface area contributed by atoms with Gasteiger partial charge in [0.1, 0.15) is 11.8 Å². The first-order valence-electron chi connectivity index (χ1n) is 6.03. The molecule has 0 bridgehead atoms. The van der Waals surface area contributed by atoms with Crippen molar-refractivity contribution in [2.75, 3.05) is 6.54 Å². The van der Waals surface area contributed by atoms with Crippen LogP contribution in [0.15, 0.2) is 24.3 Å². The van der Waals surface area contributed by atoms with Crippen molar-refractivity contribution in [1.29, 1.82) is 0 Å². The normalized spacial score (nSPS) is 11.8. The van der Waals surface area contributed by atoms with Gasteiger partial charge in [-0.05, 0) is 30.7 Å². The Morgan fingerprint density at radius 1 is 1.26 bits per heavy atom. The summed E-state index contributed by atoms with van der Waals surface area (Å²) in [6, 6.07) is 5.22. The Labute approximate surface area is 111 Å². The monoisotopic (exact) mass is 266 g/mol. The molecule has 0 aliphatic rings. The summed E-state index contributed by atoms with van der Waals surface area (Å²) in [5, 5.41) is 20.7. The summed E-state index contributed by atoms with van der Waals surface area (Å²) >= 11 is 0. The van der Waals surface area contributed by atoms with Crippen LogP contribution in [0.3, 0.4) is 0 Å². The lowest BCUT2D eigenvalue weighted by Crippen LogP contribution is -2.42. The molecule has 1 atom stereocenters. The molecule has 1 unspecified atom stereocenters. The predicted octanol–water partition coefficient (Wildman–Crippen LogP) is 0.243. The zero-order valence-corrected chi connectivity index (χ0v) is 10.5. The van der Waals surface area contributed by atoms with Gasteiger partial charge in [0.2, 0.25) is 5.91 Å². The maximum Gasteiger partial charge on any atom is 0.326 e. The molecule has 0 radical (unpaired) electrons. The molecular weight excluding hydrogens is 248 g/mol. The quantitative estimate of drug-likeness (QED) is 0.565. The first-order chi connectivity index (χ1) is 9.02. The van der Waals surface area contributed by atoms with Gasteiger partial charge >= 0.3 is 5.97 Å². The second-order valence-electron chi connectivity index (χ2n) is 4.22. The predicted molar refractivity (Wildman–Crippen MR) is 69.7 cm³/mol. The van der Waals surface area contributed by atoms with E-state index >= 15 is 0 Å². The van der Waals surface area contributed by atoms with E-state index in [-0.39, 0.29) is 24.5 Å². The van der Waals surface area contributed by atoms with Crippen LogP contribution in [0.1, 0.15) is 18.4 Å². The lowest BCUT2D eigenvalue weighted by molar-refractivity contribution is -0.141. The number of carboxylic acid groups (broad SMARTS) is 1. The number of nitrogens with two attached hydrogens (primary N) is 1. The Hall–Kier alpha value is -2.08. The molecule has 1 rings (SSSR count). The van der Waals surface area contributed by atoms with Crippen molar-refractivity contribution in [2.45, 2.75) is 25.3 Å². The Kier molecular flexibility index (Phi) is 5.81. The largest absolute Gasteiger partial charge is 0.508 e. The highest BCUT2D eigenvalue weighted by Gasteiger charge is 2.19. The number of benzene rings is 1. The molecule has 0 saturated heterocycles. The second kappa shape index (κ2) is 7.38. The Bertz CT molecular complexity index is 431. The molecule has 0 aliphatic heterocycles. The Balaban J connectivity index is 2.60. The fourth-order valence-electron chi connectivity index (χ4n) is 1.60. The third kappa shape index (κ3) is 5.39. The van der Waals surface area contributed by atoms with E-state index in [9.17, 15) is 9.59 Å². The van der Waals surface area contributed by atoms with Gasteiger partial charge in [-0.1, -0.05) is 12.1 Å². The van der Waals surface area contributed by atoms with Crippen LogP contribution < -0.4 is 11.1 Å². The average Bonchev–Trinajstić information content (AvgIpc) is 2.38. The number of carbonyl (C=O) groups excluding carboxylic acids is 1. The summed E-state index contributed by atoms with van der Waals surface area (Å²) in [6.45, 7) is 0.392. The number of aliphatic carboxylic acids is 1. The van der Waals surface area contributed by atoms with Gasteiger partial charge in [-0.25, -0.2) is 4.79 Å². The summed E-state index contributed by atoms with van der Waals surface area (Å²) in [5.41, 5.74) is 6.01. The third-order valence-electron chi connectivity index (χ3n) is 2.62. The van der Waals surface area contributed by atoms with Crippen LogP contribution >= 0.6 is 0 Å². The third-order valence-corrected chi connectivity index (χ3v) is 2.62. The van der Waals surface area contributed by atoms with E-state index in [1.54, 1.807) is 12.1 Å². The van der Waals surface area contributed by atoms with Crippen LogP contribution in [-0.2, 0) is 16.0 Å². The standard InChI is InChI=1S/C13H18N2O4/c14-7-1-2-12(17)15-11(13(18)19)8-9-3-5-10(16)6-4-9/h3-6,11,16H,1-2,7-8,14H2,(H,15,17)(H,18,19). The maximum absolute atomic E-state index is 11.5. The average molecular weight is 266 g/mol. The number of phenolic OH excluding ortho intramolecular Hbond substituents is 1. The number of carbonyl (C=O) groups is 2. The van der Waals surface area contributed by atoms with Crippen molar-refractivity contribution in [2.24, 2.45) is 5.73 Å². The zero-order chi connectivity index (χ0) is 14.3. The van der Waals surface area contributed by atoms with E-state index in [4.69, 9.17) is 15.9 Å². The summed E-state index contributed by atoms with van der Waals surface area (Å²) < 4.78 is 0. The molecule has 6 nitrogen and oxygen atoms in total. The molecule has 0 spiro atoms. The van der Waals surface area contributed by atoms with Crippen LogP contribution in [0.5, 0.6) is 5.75 Å². The number of nitrogens with one attached hydrogen (secondary N) is 1. The van der Waals surface area contributed by atoms with Gasteiger partial charge in [-0.2, -0.15) is 0 Å². The number of hydrogen-bond donors (Lipinski definition) is 4. The lowest BCUT2D eigenvalue weighted by atomic mass is 10.1. The van der Waals surface area contributed by atoms with Crippen molar-refractivity contribution < 1.29 is 19.8 Å². The molecule has 0 saturated carbocycles. The zero-order valence-electron chi connectivity index (χ0n) is 10.5. The highest BCUT2D eigenvalue weighted by molar-refractivity contribution is 5.83. The molecule has 104 valence electrons. The fourth-order valence-corrected chi connectivity index (χ4v) is 1.60. The first-order valence-corrected chi connectivity index (χ1v) is 6.03. The smallest absolute Gasteiger partial charge is 0.326 e. The minimum Gasteiger partial charge on any atom is -0.508 e. The molecule has 0 heterocycles. The van der Waals surface area contributed by atoms with Crippen molar-refractivity contribution in [3.8, 4) is 5.75 Å². The van der Waals surface area contributed by atoms with Gasteiger partial charge in [0, 0.05) is 12.8 Å². The highest BCUT2D eigenvalue weighted by Crippen LogP contribution is 2.11. The van der Waals surface area contributed by atoms with Gasteiger partial charge in [-0.15, -0.1) is 0 Å². The van der Waals surface area contributed by atoms with Gasteiger partial charge < -0.3 is 21.3 Å². The van der Waals surface area contributed by atoms with Crippen LogP contribution in [0.2, 0.25) is 0 Å². The highest BCUT2D eigenvalue weighted by atomic mass is 16.4. The molecule has 1 aromatic carbocycles. The van der Waals surface area contributed by atoms with Crippen molar-refractivity contribution in [1.82, 2.24) is 5.32 Å². The Morgan fingerprint density at radius 2 is 1.89 bits per heavy atom. The molecule has 19 heavy (non-hydrogen) atoms. The van der Waals surface area contributed by atoms with E-state index in [0.29, 0.717) is 13.0 Å². The van der Waals surface area contributed by atoms with Crippen LogP contribution in [0.25, 0.3) is 0 Å². The molecular formula is C13H18N2O4. The number of amides is 1. The molecule has 1 amide bonds. The van der Waals surface area contributed by atoms with Gasteiger partial charge in [0.05, 0.1) is 0 Å². The summed E-state index contributed by atoms with van der Waals surface area (Å²) in [7, 11) is 0. The maximum atomic E-state index is 11.5. The van der Waals surface area contributed by atoms with E-state index in [2.05, 4.69) is 5.32 Å². The molecule has 0 fully saturated rings. The Morgan fingerprint density at radius 3 is 2.42 bits per heavy atom. The van der Waals surface area contributed by atoms with Crippen molar-refractivity contribution >= 4 is 11.9 Å². The first kappa shape index (κ1) is 15.0. The van der Waals surface area contributed by atoms with Crippen molar-refractivity contribution in [3.05, 3.63) is 29.8 Å². The van der Waals surface area contributed by atoms with Gasteiger partial charge in [-0.3, -0.25) is 4.79 Å². The number of aromatic hydroxyl groups is 1. The minimum atomic E-state index is -1.09. The van der Waals surface area contributed by atoms with E-state index in [1.807, 2.05) is 0 Å². The number of phenols is 1. The lowest BCUT2D eigenvalue weighted by Gasteiger charge is -2.14. The molecule has 1 aromatic rings. The second-order valence-corrected chi connectivity index (χ2v) is 4.22. The minimum absolute atomic E-state index is 0.114. The molecule has 0 aromatic heterocycles. The SMILES string of the molecule is NCCCC(=O)NC(Cc1ccc(O)cc1)C(=O)O. The van der Waals surface area contributed by atoms with Crippen molar-refractivity contribution in [3.63, 3.8) is 0 Å². The molecule has 6 heteroatoms. The number of carboxylic acids is 1. The van der Waals surface area contributed by atoms with E-state index in [0.717, 1.165) is 5.56 Å². The molecule has 0 aliphatic carbocycles. The van der Waals surface area contributed by atoms with E-state index < -0.39 is 12.0 Å². The topological polar surface area (TPSA) is 113 Å². The van der Waals surface area contributed by atoms with Gasteiger partial charge in [0.15, 0.2) is 0 Å².